The minimum absolute atomic E-state index is 0.0653. The van der Waals surface area contributed by atoms with Gasteiger partial charge in [0.05, 0.1) is 6.54 Å². The van der Waals surface area contributed by atoms with Crippen molar-refractivity contribution in [3.8, 4) is 0 Å². The van der Waals surface area contributed by atoms with Crippen LogP contribution in [0.5, 0.6) is 0 Å². The Morgan fingerprint density at radius 1 is 1.20 bits per heavy atom. The maximum Gasteiger partial charge on any atom is 0.234 e. The maximum atomic E-state index is 12.2. The summed E-state index contributed by atoms with van der Waals surface area (Å²) in [7, 11) is 1.98. The number of carbonyl (C=O) groups excluding carboxylic acids is 2. The van der Waals surface area contributed by atoms with E-state index in [1.54, 1.807) is 0 Å². The van der Waals surface area contributed by atoms with E-state index in [4.69, 9.17) is 0 Å². The van der Waals surface area contributed by atoms with Gasteiger partial charge in [-0.05, 0) is 50.6 Å². The fraction of sp³-hybridized carbons (Fsp3) is 0.579. The lowest BCUT2D eigenvalue weighted by Crippen LogP contribution is -2.47. The predicted molar refractivity (Wildman–Crippen MR) is 98.4 cm³/mol. The van der Waals surface area contributed by atoms with Crippen LogP contribution in [0.2, 0.25) is 0 Å². The molecule has 1 atom stereocenters. The predicted octanol–water partition coefficient (Wildman–Crippen LogP) is 1.11. The molecule has 1 aromatic rings. The lowest BCUT2D eigenvalue weighted by molar-refractivity contribution is -0.122. The van der Waals surface area contributed by atoms with E-state index in [0.717, 1.165) is 43.7 Å². The Hall–Kier alpha value is -1.92. The zero-order valence-electron chi connectivity index (χ0n) is 15.0. The Morgan fingerprint density at radius 3 is 2.68 bits per heavy atom. The van der Waals surface area contributed by atoms with Crippen molar-refractivity contribution in [3.63, 3.8) is 0 Å². The van der Waals surface area contributed by atoms with E-state index < -0.39 is 0 Å². The summed E-state index contributed by atoms with van der Waals surface area (Å²) in [6, 6.07) is 8.39. The van der Waals surface area contributed by atoms with Crippen molar-refractivity contribution in [3.05, 3.63) is 29.8 Å². The number of hydrogen-bond acceptors (Lipinski definition) is 4. The zero-order valence-corrected chi connectivity index (χ0v) is 15.0. The molecule has 2 aliphatic heterocycles. The van der Waals surface area contributed by atoms with E-state index >= 15 is 0 Å². The summed E-state index contributed by atoms with van der Waals surface area (Å²) < 4.78 is 0. The van der Waals surface area contributed by atoms with Gasteiger partial charge >= 0.3 is 0 Å². The topological polar surface area (TPSA) is 64.7 Å². The van der Waals surface area contributed by atoms with Crippen molar-refractivity contribution in [2.45, 2.75) is 38.3 Å². The summed E-state index contributed by atoms with van der Waals surface area (Å²) in [5, 5.41) is 6.29. The number of amides is 2. The van der Waals surface area contributed by atoms with E-state index in [-0.39, 0.29) is 11.8 Å². The summed E-state index contributed by atoms with van der Waals surface area (Å²) >= 11 is 0. The van der Waals surface area contributed by atoms with Gasteiger partial charge in [0.25, 0.3) is 0 Å². The van der Waals surface area contributed by atoms with Gasteiger partial charge in [-0.1, -0.05) is 12.1 Å². The highest BCUT2D eigenvalue weighted by atomic mass is 16.2. The second kappa shape index (κ2) is 8.45. The number of hydrogen-bond donors (Lipinski definition) is 2. The number of piperidine rings is 1. The average molecular weight is 344 g/mol. The number of likely N-dealkylation sites (tertiary alicyclic amines) is 1. The molecule has 0 aromatic heterocycles. The smallest absolute Gasteiger partial charge is 0.234 e. The molecule has 136 valence electrons. The van der Waals surface area contributed by atoms with Crippen molar-refractivity contribution in [1.29, 1.82) is 0 Å². The monoisotopic (exact) mass is 344 g/mol. The van der Waals surface area contributed by atoms with Crippen LogP contribution in [0.3, 0.4) is 0 Å². The highest BCUT2D eigenvalue weighted by Crippen LogP contribution is 2.21. The third-order valence-electron chi connectivity index (χ3n) is 5.09. The normalized spacial score (nSPS) is 21.6. The van der Waals surface area contributed by atoms with Gasteiger partial charge < -0.3 is 15.5 Å². The quantitative estimate of drug-likeness (QED) is 0.812. The maximum absolute atomic E-state index is 12.2. The Labute approximate surface area is 149 Å². The van der Waals surface area contributed by atoms with E-state index in [1.807, 2.05) is 36.2 Å². The van der Waals surface area contributed by atoms with Gasteiger partial charge in [-0.25, -0.2) is 0 Å². The number of carbonyl (C=O) groups is 2. The van der Waals surface area contributed by atoms with Crippen LogP contribution in [-0.4, -0.2) is 56.0 Å². The van der Waals surface area contributed by atoms with E-state index in [9.17, 15) is 9.59 Å². The Balaban J connectivity index is 1.45. The summed E-state index contributed by atoms with van der Waals surface area (Å²) in [5.41, 5.74) is 2.00. The Kier molecular flexibility index (Phi) is 6.04. The van der Waals surface area contributed by atoms with Crippen LogP contribution >= 0.6 is 0 Å². The molecule has 1 unspecified atom stereocenters. The third kappa shape index (κ3) is 4.80. The van der Waals surface area contributed by atoms with Crippen LogP contribution in [0.15, 0.2) is 24.3 Å². The Bertz CT molecular complexity index is 602. The van der Waals surface area contributed by atoms with E-state index in [1.165, 1.54) is 6.42 Å². The third-order valence-corrected chi connectivity index (χ3v) is 5.09. The van der Waals surface area contributed by atoms with Gasteiger partial charge in [0.1, 0.15) is 0 Å². The van der Waals surface area contributed by atoms with E-state index in [2.05, 4.69) is 15.5 Å². The van der Waals surface area contributed by atoms with Crippen molar-refractivity contribution < 1.29 is 9.59 Å². The second-order valence-electron chi connectivity index (χ2n) is 6.96. The summed E-state index contributed by atoms with van der Waals surface area (Å²) in [4.78, 5) is 28.0. The average Bonchev–Trinajstić information content (AvgIpc) is 3.06. The summed E-state index contributed by atoms with van der Waals surface area (Å²) in [5.74, 6) is 0.262. The minimum atomic E-state index is 0.0653. The van der Waals surface area contributed by atoms with Gasteiger partial charge in [-0.2, -0.15) is 0 Å². The number of nitrogens with zero attached hydrogens (tertiary/aromatic N) is 2. The second-order valence-corrected chi connectivity index (χ2v) is 6.96. The number of nitrogens with one attached hydrogen (secondary N) is 2. The molecule has 0 saturated carbocycles. The SMILES string of the molecule is CNC1CCCN(CC(=O)NCc2ccc(N3CCCC3=O)cc2)C1. The van der Waals surface area contributed by atoms with Gasteiger partial charge in [-0.15, -0.1) is 0 Å². The molecule has 2 aliphatic rings. The van der Waals surface area contributed by atoms with Crippen molar-refractivity contribution in [1.82, 2.24) is 15.5 Å². The van der Waals surface area contributed by atoms with Crippen molar-refractivity contribution in [2.75, 3.05) is 38.1 Å². The molecule has 2 heterocycles. The fourth-order valence-electron chi connectivity index (χ4n) is 3.61. The van der Waals surface area contributed by atoms with E-state index in [0.29, 0.717) is 25.6 Å². The molecule has 0 spiro atoms. The highest BCUT2D eigenvalue weighted by Gasteiger charge is 2.22. The molecule has 0 radical (unpaired) electrons. The number of rotatable bonds is 6. The van der Waals surface area contributed by atoms with Crippen LogP contribution in [-0.2, 0) is 16.1 Å². The van der Waals surface area contributed by atoms with Crippen molar-refractivity contribution >= 4 is 17.5 Å². The fourth-order valence-corrected chi connectivity index (χ4v) is 3.61. The molecule has 3 rings (SSSR count). The van der Waals surface area contributed by atoms with Crippen LogP contribution in [0.1, 0.15) is 31.2 Å². The Morgan fingerprint density at radius 2 is 2.00 bits per heavy atom. The van der Waals surface area contributed by atoms with Gasteiger partial charge in [-0.3, -0.25) is 14.5 Å². The lowest BCUT2D eigenvalue weighted by atomic mass is 10.1. The van der Waals surface area contributed by atoms with Gasteiger partial charge in [0, 0.05) is 37.8 Å². The molecule has 0 aliphatic carbocycles. The first-order valence-electron chi connectivity index (χ1n) is 9.21. The van der Waals surface area contributed by atoms with Crippen LogP contribution in [0, 0.1) is 0 Å². The first-order chi connectivity index (χ1) is 12.2. The molecular weight excluding hydrogens is 316 g/mol. The molecule has 2 N–H and O–H groups in total. The molecule has 1 aromatic carbocycles. The molecular formula is C19H28N4O2. The number of likely N-dealkylation sites (N-methyl/N-ethyl adjacent to an activating group) is 1. The first-order valence-corrected chi connectivity index (χ1v) is 9.21. The van der Waals surface area contributed by atoms with Gasteiger partial charge in [0.15, 0.2) is 0 Å². The highest BCUT2D eigenvalue weighted by molar-refractivity contribution is 5.95. The molecule has 25 heavy (non-hydrogen) atoms. The van der Waals surface area contributed by atoms with Crippen LogP contribution in [0.4, 0.5) is 5.69 Å². The molecule has 6 heteroatoms. The van der Waals surface area contributed by atoms with Crippen molar-refractivity contribution in [2.24, 2.45) is 0 Å². The largest absolute Gasteiger partial charge is 0.351 e. The molecule has 2 saturated heterocycles. The molecule has 2 amide bonds. The van der Waals surface area contributed by atoms with Crippen LogP contribution in [0.25, 0.3) is 0 Å². The molecule has 6 nitrogen and oxygen atoms in total. The standard InChI is InChI=1S/C19H28N4O2/c1-20-16-4-2-10-22(13-16)14-18(24)21-12-15-6-8-17(9-7-15)23-11-3-5-19(23)25/h6-9,16,20H,2-5,10-14H2,1H3,(H,21,24). The number of benzene rings is 1. The van der Waals surface area contributed by atoms with Gasteiger partial charge in [0.2, 0.25) is 11.8 Å². The first kappa shape index (κ1) is 17.9. The summed E-state index contributed by atoms with van der Waals surface area (Å²) in [6.07, 6.45) is 3.89. The zero-order chi connectivity index (χ0) is 17.6. The summed E-state index contributed by atoms with van der Waals surface area (Å²) in [6.45, 7) is 3.71. The number of anilines is 1. The van der Waals surface area contributed by atoms with Crippen LogP contribution < -0.4 is 15.5 Å². The molecule has 0 bridgehead atoms. The minimum Gasteiger partial charge on any atom is -0.351 e. The lowest BCUT2D eigenvalue weighted by Gasteiger charge is -2.31. The molecule has 2 fully saturated rings.